The van der Waals surface area contributed by atoms with Gasteiger partial charge in [-0.15, -0.1) is 0 Å². The van der Waals surface area contributed by atoms with Crippen LogP contribution in [-0.2, 0) is 4.74 Å². The summed E-state index contributed by atoms with van der Waals surface area (Å²) in [4.78, 5) is 2.44. The summed E-state index contributed by atoms with van der Waals surface area (Å²) < 4.78 is 5.53. The van der Waals surface area contributed by atoms with E-state index in [2.05, 4.69) is 18.9 Å². The first-order chi connectivity index (χ1) is 5.27. The number of hydrogen-bond donors (Lipinski definition) is 0. The summed E-state index contributed by atoms with van der Waals surface area (Å²) in [7, 11) is 2.22. The Kier molecular flexibility index (Phi) is 1.90. The molecule has 3 atom stereocenters. The van der Waals surface area contributed by atoms with Crippen LogP contribution in [0.1, 0.15) is 6.92 Å². The molecule has 2 fully saturated rings. The lowest BCUT2D eigenvalue weighted by atomic mass is 9.78. The Hall–Kier alpha value is -0.0800. The van der Waals surface area contributed by atoms with E-state index >= 15 is 0 Å². The maximum atomic E-state index is 5.53. The van der Waals surface area contributed by atoms with Crippen LogP contribution >= 0.6 is 0 Å². The average molecular weight is 155 g/mol. The molecule has 11 heavy (non-hydrogen) atoms. The Morgan fingerprint density at radius 3 is 2.27 bits per heavy atom. The van der Waals surface area contributed by atoms with Gasteiger partial charge in [-0.05, 0) is 24.8 Å². The van der Waals surface area contributed by atoms with Crippen LogP contribution in [0.5, 0.6) is 0 Å². The number of rotatable bonds is 0. The Balaban J connectivity index is 2.07. The molecular formula is C9H17NO. The summed E-state index contributed by atoms with van der Waals surface area (Å²) in [6.07, 6.45) is 0. The molecule has 2 rings (SSSR count). The number of hydrogen-bond acceptors (Lipinski definition) is 2. The Labute approximate surface area is 68.5 Å². The van der Waals surface area contributed by atoms with Gasteiger partial charge in [0.25, 0.3) is 0 Å². The minimum Gasteiger partial charge on any atom is -0.381 e. The molecule has 0 saturated carbocycles. The Bertz CT molecular complexity index is 134. The molecule has 0 N–H and O–H groups in total. The predicted molar refractivity (Wildman–Crippen MR) is 44.5 cm³/mol. The van der Waals surface area contributed by atoms with Crippen molar-refractivity contribution in [1.82, 2.24) is 4.90 Å². The van der Waals surface area contributed by atoms with Crippen LogP contribution in [0.2, 0.25) is 0 Å². The zero-order chi connectivity index (χ0) is 7.84. The molecule has 0 amide bonds. The van der Waals surface area contributed by atoms with Crippen molar-refractivity contribution in [2.45, 2.75) is 6.92 Å². The summed E-state index contributed by atoms with van der Waals surface area (Å²) in [6.45, 7) is 6.82. The topological polar surface area (TPSA) is 12.5 Å². The third-order valence-corrected chi connectivity index (χ3v) is 3.24. The van der Waals surface area contributed by atoms with E-state index in [0.717, 1.165) is 31.0 Å². The van der Waals surface area contributed by atoms with Gasteiger partial charge in [0.2, 0.25) is 0 Å². The summed E-state index contributed by atoms with van der Waals surface area (Å²) in [5.74, 6) is 2.49. The molecule has 2 unspecified atom stereocenters. The summed E-state index contributed by atoms with van der Waals surface area (Å²) in [5, 5.41) is 0. The van der Waals surface area contributed by atoms with E-state index in [-0.39, 0.29) is 0 Å². The molecule has 2 aliphatic rings. The molecule has 2 heteroatoms. The van der Waals surface area contributed by atoms with Gasteiger partial charge in [0.05, 0.1) is 13.2 Å². The molecule has 0 aromatic rings. The maximum Gasteiger partial charge on any atom is 0.0509 e. The van der Waals surface area contributed by atoms with E-state index in [1.54, 1.807) is 0 Å². The van der Waals surface area contributed by atoms with Gasteiger partial charge in [0, 0.05) is 13.1 Å². The SMILES string of the molecule is CC1C2COC[C@@H]1CN(C)C2. The fraction of sp³-hybridized carbons (Fsp3) is 1.00. The summed E-state index contributed by atoms with van der Waals surface area (Å²) in [6, 6.07) is 0. The average Bonchev–Trinajstić information content (AvgIpc) is 1.92. The van der Waals surface area contributed by atoms with Gasteiger partial charge in [-0.1, -0.05) is 6.92 Å². The second kappa shape index (κ2) is 2.76. The first kappa shape index (κ1) is 7.56. The standard InChI is InChI=1S/C9H17NO/c1-7-8-3-10(2)4-9(7)6-11-5-8/h7-9H,3-6H2,1-2H3/t7?,8-,9?/m0/s1. The summed E-state index contributed by atoms with van der Waals surface area (Å²) in [5.41, 5.74) is 0. The normalized spacial score (nSPS) is 45.8. The minimum atomic E-state index is 0.799. The number of ether oxygens (including phenoxy) is 1. The fourth-order valence-electron chi connectivity index (χ4n) is 2.37. The zero-order valence-electron chi connectivity index (χ0n) is 7.42. The quantitative estimate of drug-likeness (QED) is 0.514. The first-order valence-corrected chi connectivity index (χ1v) is 4.53. The van der Waals surface area contributed by atoms with Crippen molar-refractivity contribution in [1.29, 1.82) is 0 Å². The highest BCUT2D eigenvalue weighted by Crippen LogP contribution is 2.31. The van der Waals surface area contributed by atoms with Gasteiger partial charge in [-0.25, -0.2) is 0 Å². The lowest BCUT2D eigenvalue weighted by Crippen LogP contribution is -2.50. The number of fused-ring (bicyclic) bond motifs is 2. The predicted octanol–water partition coefficient (Wildman–Crippen LogP) is 0.831. The molecule has 0 aromatic heterocycles. The van der Waals surface area contributed by atoms with Crippen molar-refractivity contribution in [3.8, 4) is 0 Å². The van der Waals surface area contributed by atoms with Crippen LogP contribution in [-0.4, -0.2) is 38.3 Å². The van der Waals surface area contributed by atoms with Crippen LogP contribution < -0.4 is 0 Å². The van der Waals surface area contributed by atoms with Crippen LogP contribution in [0.4, 0.5) is 0 Å². The van der Waals surface area contributed by atoms with Gasteiger partial charge in [0.15, 0.2) is 0 Å². The van der Waals surface area contributed by atoms with Crippen LogP contribution in [0, 0.1) is 17.8 Å². The van der Waals surface area contributed by atoms with E-state index in [4.69, 9.17) is 4.74 Å². The molecular weight excluding hydrogens is 138 g/mol. The number of nitrogens with zero attached hydrogens (tertiary/aromatic N) is 1. The van der Waals surface area contributed by atoms with Crippen LogP contribution in [0.3, 0.4) is 0 Å². The number of piperidine rings is 1. The van der Waals surface area contributed by atoms with Gasteiger partial charge in [0.1, 0.15) is 0 Å². The van der Waals surface area contributed by atoms with Gasteiger partial charge in [-0.2, -0.15) is 0 Å². The molecule has 2 saturated heterocycles. The third-order valence-electron chi connectivity index (χ3n) is 3.24. The highest BCUT2D eigenvalue weighted by Gasteiger charge is 2.35. The fourth-order valence-corrected chi connectivity index (χ4v) is 2.37. The van der Waals surface area contributed by atoms with Crippen molar-refractivity contribution in [3.05, 3.63) is 0 Å². The van der Waals surface area contributed by atoms with Gasteiger partial charge in [-0.3, -0.25) is 0 Å². The molecule has 2 nitrogen and oxygen atoms in total. The molecule has 64 valence electrons. The molecule has 0 aromatic carbocycles. The minimum absolute atomic E-state index is 0.799. The van der Waals surface area contributed by atoms with Crippen molar-refractivity contribution in [2.24, 2.45) is 17.8 Å². The Morgan fingerprint density at radius 1 is 1.18 bits per heavy atom. The first-order valence-electron chi connectivity index (χ1n) is 4.53. The van der Waals surface area contributed by atoms with Crippen molar-refractivity contribution in [2.75, 3.05) is 33.4 Å². The second-order valence-electron chi connectivity index (χ2n) is 4.14. The van der Waals surface area contributed by atoms with Crippen molar-refractivity contribution >= 4 is 0 Å². The lowest BCUT2D eigenvalue weighted by molar-refractivity contribution is -0.0711. The largest absolute Gasteiger partial charge is 0.381 e. The zero-order valence-corrected chi connectivity index (χ0v) is 7.42. The molecule has 0 aliphatic carbocycles. The number of likely N-dealkylation sites (tertiary alicyclic amines) is 1. The molecule has 2 aliphatic heterocycles. The van der Waals surface area contributed by atoms with Gasteiger partial charge < -0.3 is 9.64 Å². The molecule has 2 heterocycles. The van der Waals surface area contributed by atoms with E-state index in [9.17, 15) is 0 Å². The van der Waals surface area contributed by atoms with E-state index < -0.39 is 0 Å². The smallest absolute Gasteiger partial charge is 0.0509 e. The van der Waals surface area contributed by atoms with Crippen molar-refractivity contribution < 1.29 is 4.74 Å². The van der Waals surface area contributed by atoms with Gasteiger partial charge >= 0.3 is 0 Å². The lowest BCUT2D eigenvalue weighted by Gasteiger charge is -2.44. The monoisotopic (exact) mass is 155 g/mol. The molecule has 2 bridgehead atoms. The Morgan fingerprint density at radius 2 is 1.73 bits per heavy atom. The highest BCUT2D eigenvalue weighted by atomic mass is 16.5. The van der Waals surface area contributed by atoms with Crippen molar-refractivity contribution in [3.63, 3.8) is 0 Å². The van der Waals surface area contributed by atoms with Crippen LogP contribution in [0.25, 0.3) is 0 Å². The summed E-state index contributed by atoms with van der Waals surface area (Å²) >= 11 is 0. The second-order valence-corrected chi connectivity index (χ2v) is 4.14. The third kappa shape index (κ3) is 1.30. The van der Waals surface area contributed by atoms with E-state index in [0.29, 0.717) is 0 Å². The van der Waals surface area contributed by atoms with E-state index in [1.165, 1.54) is 13.1 Å². The van der Waals surface area contributed by atoms with Crippen LogP contribution in [0.15, 0.2) is 0 Å². The maximum absolute atomic E-state index is 5.53. The highest BCUT2D eigenvalue weighted by molar-refractivity contribution is 4.85. The molecule has 0 radical (unpaired) electrons. The molecule has 0 spiro atoms. The van der Waals surface area contributed by atoms with E-state index in [1.807, 2.05) is 0 Å².